The van der Waals surface area contributed by atoms with Crippen LogP contribution in [0.15, 0.2) is 42.5 Å². The molecule has 0 heterocycles. The topological polar surface area (TPSA) is 9.23 Å². The lowest BCUT2D eigenvalue weighted by Crippen LogP contribution is -2.03. The van der Waals surface area contributed by atoms with Gasteiger partial charge in [0, 0.05) is 6.07 Å². The number of rotatable bonds is 4. The fraction of sp³-hybridized carbons (Fsp3) is 0.0667. The zero-order valence-corrected chi connectivity index (χ0v) is 10.2. The van der Waals surface area contributed by atoms with Crippen LogP contribution in [0.5, 0.6) is 5.75 Å². The second-order valence-electron chi connectivity index (χ2n) is 3.92. The SMILES string of the molecule is Fc1cc(F)c(F)c(OC/C=C/c2ccccc2)c1F. The summed E-state index contributed by atoms with van der Waals surface area (Å²) in [5, 5.41) is 0. The molecule has 0 aliphatic rings. The van der Waals surface area contributed by atoms with Crippen LogP contribution in [0.3, 0.4) is 0 Å². The molecule has 5 heteroatoms. The normalized spacial score (nSPS) is 11.0. The van der Waals surface area contributed by atoms with Crippen LogP contribution in [0.1, 0.15) is 5.56 Å². The Labute approximate surface area is 113 Å². The van der Waals surface area contributed by atoms with E-state index in [-0.39, 0.29) is 12.7 Å². The first-order chi connectivity index (χ1) is 9.59. The molecule has 0 aliphatic heterocycles. The minimum absolute atomic E-state index is 0.136. The zero-order valence-electron chi connectivity index (χ0n) is 10.2. The van der Waals surface area contributed by atoms with Gasteiger partial charge in [-0.2, -0.15) is 8.78 Å². The van der Waals surface area contributed by atoms with E-state index < -0.39 is 29.0 Å². The van der Waals surface area contributed by atoms with Crippen LogP contribution in [0, 0.1) is 23.3 Å². The van der Waals surface area contributed by atoms with E-state index in [4.69, 9.17) is 4.74 Å². The first kappa shape index (κ1) is 14.1. The van der Waals surface area contributed by atoms with Crippen molar-refractivity contribution >= 4 is 6.08 Å². The van der Waals surface area contributed by atoms with E-state index in [9.17, 15) is 17.6 Å². The van der Waals surface area contributed by atoms with Crippen molar-refractivity contribution in [2.45, 2.75) is 0 Å². The Bertz CT molecular complexity index is 597. The molecule has 2 aromatic carbocycles. The number of ether oxygens (including phenoxy) is 1. The summed E-state index contributed by atoms with van der Waals surface area (Å²) in [5.74, 6) is -7.13. The monoisotopic (exact) mass is 282 g/mol. The van der Waals surface area contributed by atoms with Gasteiger partial charge in [-0.3, -0.25) is 0 Å². The molecular formula is C15H10F4O. The maximum Gasteiger partial charge on any atom is 0.203 e. The highest BCUT2D eigenvalue weighted by atomic mass is 19.2. The summed E-state index contributed by atoms with van der Waals surface area (Å²) in [6, 6.07) is 9.26. The van der Waals surface area contributed by atoms with Gasteiger partial charge in [0.25, 0.3) is 0 Å². The van der Waals surface area contributed by atoms with Gasteiger partial charge in [-0.25, -0.2) is 8.78 Å². The molecule has 1 nitrogen and oxygen atoms in total. The third-order valence-electron chi connectivity index (χ3n) is 2.51. The zero-order chi connectivity index (χ0) is 14.5. The molecule has 0 saturated heterocycles. The number of halogens is 4. The molecule has 0 aromatic heterocycles. The summed E-state index contributed by atoms with van der Waals surface area (Å²) in [6.45, 7) is -0.217. The standard InChI is InChI=1S/C15H10F4O/c16-11-9-12(17)14(19)15(13(11)18)20-8-4-7-10-5-2-1-3-6-10/h1-7,9H,8H2/b7-4+. The fourth-order valence-corrected chi connectivity index (χ4v) is 1.56. The fourth-order valence-electron chi connectivity index (χ4n) is 1.56. The van der Waals surface area contributed by atoms with Crippen LogP contribution >= 0.6 is 0 Å². The van der Waals surface area contributed by atoms with Crippen molar-refractivity contribution in [3.05, 3.63) is 71.3 Å². The largest absolute Gasteiger partial charge is 0.483 e. The van der Waals surface area contributed by atoms with Crippen molar-refractivity contribution in [3.8, 4) is 5.75 Å². The van der Waals surface area contributed by atoms with Crippen LogP contribution in [-0.2, 0) is 0 Å². The Morgan fingerprint density at radius 2 is 1.50 bits per heavy atom. The van der Waals surface area contributed by atoms with Gasteiger partial charge in [0.05, 0.1) is 0 Å². The Hall–Kier alpha value is -2.30. The van der Waals surface area contributed by atoms with E-state index in [2.05, 4.69) is 0 Å². The van der Waals surface area contributed by atoms with Crippen LogP contribution in [-0.4, -0.2) is 6.61 Å². The van der Waals surface area contributed by atoms with Gasteiger partial charge < -0.3 is 4.74 Å². The van der Waals surface area contributed by atoms with Crippen molar-refractivity contribution in [2.24, 2.45) is 0 Å². The number of hydrogen-bond donors (Lipinski definition) is 0. The van der Waals surface area contributed by atoms with E-state index in [0.29, 0.717) is 0 Å². The molecule has 2 aromatic rings. The highest BCUT2D eigenvalue weighted by Crippen LogP contribution is 2.26. The first-order valence-corrected chi connectivity index (χ1v) is 5.77. The molecule has 0 spiro atoms. The van der Waals surface area contributed by atoms with Crippen LogP contribution in [0.25, 0.3) is 6.08 Å². The van der Waals surface area contributed by atoms with Crippen molar-refractivity contribution in [2.75, 3.05) is 6.61 Å². The molecular weight excluding hydrogens is 272 g/mol. The molecule has 0 fully saturated rings. The number of benzene rings is 2. The highest BCUT2D eigenvalue weighted by Gasteiger charge is 2.19. The Morgan fingerprint density at radius 3 is 2.10 bits per heavy atom. The van der Waals surface area contributed by atoms with Crippen molar-refractivity contribution in [1.29, 1.82) is 0 Å². The van der Waals surface area contributed by atoms with Gasteiger partial charge in [0.2, 0.25) is 11.6 Å². The molecule has 0 saturated carbocycles. The molecule has 2 rings (SSSR count). The maximum absolute atomic E-state index is 13.3. The van der Waals surface area contributed by atoms with Gasteiger partial charge in [0.15, 0.2) is 17.4 Å². The molecule has 0 bridgehead atoms. The minimum Gasteiger partial charge on any atom is -0.483 e. The molecule has 0 amide bonds. The third-order valence-corrected chi connectivity index (χ3v) is 2.51. The van der Waals surface area contributed by atoms with Gasteiger partial charge in [-0.05, 0) is 11.6 Å². The lowest BCUT2D eigenvalue weighted by atomic mass is 10.2. The predicted molar refractivity (Wildman–Crippen MR) is 67.2 cm³/mol. The smallest absolute Gasteiger partial charge is 0.203 e. The van der Waals surface area contributed by atoms with E-state index in [1.54, 1.807) is 6.08 Å². The van der Waals surface area contributed by atoms with Crippen LogP contribution in [0.4, 0.5) is 17.6 Å². The Morgan fingerprint density at radius 1 is 0.900 bits per heavy atom. The maximum atomic E-state index is 13.3. The molecule has 0 aliphatic carbocycles. The molecule has 0 atom stereocenters. The lowest BCUT2D eigenvalue weighted by molar-refractivity contribution is 0.302. The van der Waals surface area contributed by atoms with E-state index in [0.717, 1.165) is 5.56 Å². The summed E-state index contributed by atoms with van der Waals surface area (Å²) >= 11 is 0. The molecule has 0 radical (unpaired) electrons. The third kappa shape index (κ3) is 3.17. The van der Waals surface area contributed by atoms with Crippen molar-refractivity contribution in [1.82, 2.24) is 0 Å². The van der Waals surface area contributed by atoms with Gasteiger partial charge in [0.1, 0.15) is 6.61 Å². The molecule has 20 heavy (non-hydrogen) atoms. The Kier molecular flexibility index (Phi) is 4.40. The minimum atomic E-state index is -1.54. The average molecular weight is 282 g/mol. The van der Waals surface area contributed by atoms with Crippen molar-refractivity contribution < 1.29 is 22.3 Å². The van der Waals surface area contributed by atoms with Crippen molar-refractivity contribution in [3.63, 3.8) is 0 Å². The summed E-state index contributed by atoms with van der Waals surface area (Å²) in [4.78, 5) is 0. The van der Waals surface area contributed by atoms with Crippen LogP contribution < -0.4 is 4.74 Å². The summed E-state index contributed by atoms with van der Waals surface area (Å²) < 4.78 is 57.1. The summed E-state index contributed by atoms with van der Waals surface area (Å²) in [6.07, 6.45) is 3.14. The van der Waals surface area contributed by atoms with E-state index in [1.165, 1.54) is 6.08 Å². The number of hydrogen-bond acceptors (Lipinski definition) is 1. The van der Waals surface area contributed by atoms with Gasteiger partial charge in [-0.15, -0.1) is 0 Å². The highest BCUT2D eigenvalue weighted by molar-refractivity contribution is 5.48. The quantitative estimate of drug-likeness (QED) is 0.599. The van der Waals surface area contributed by atoms with E-state index >= 15 is 0 Å². The van der Waals surface area contributed by atoms with Gasteiger partial charge >= 0.3 is 0 Å². The van der Waals surface area contributed by atoms with E-state index in [1.807, 2.05) is 30.3 Å². The average Bonchev–Trinajstić information content (AvgIpc) is 2.45. The summed E-state index contributed by atoms with van der Waals surface area (Å²) in [5.41, 5.74) is 0.863. The second kappa shape index (κ2) is 6.23. The predicted octanol–water partition coefficient (Wildman–Crippen LogP) is 4.34. The first-order valence-electron chi connectivity index (χ1n) is 5.77. The molecule has 0 unspecified atom stereocenters. The summed E-state index contributed by atoms with van der Waals surface area (Å²) in [7, 11) is 0. The second-order valence-corrected chi connectivity index (χ2v) is 3.92. The Balaban J connectivity index is 2.07. The lowest BCUT2D eigenvalue weighted by Gasteiger charge is -2.07. The van der Waals surface area contributed by atoms with Gasteiger partial charge in [-0.1, -0.05) is 36.4 Å². The van der Waals surface area contributed by atoms with Crippen LogP contribution in [0.2, 0.25) is 0 Å². The molecule has 0 N–H and O–H groups in total. The molecule has 104 valence electrons.